The fourth-order valence-corrected chi connectivity index (χ4v) is 1.34. The summed E-state index contributed by atoms with van der Waals surface area (Å²) in [5.41, 5.74) is 1.18. The van der Waals surface area contributed by atoms with Crippen molar-refractivity contribution in [1.29, 1.82) is 0 Å². The molecule has 0 saturated carbocycles. The van der Waals surface area contributed by atoms with E-state index in [-0.39, 0.29) is 0 Å². The summed E-state index contributed by atoms with van der Waals surface area (Å²) in [6, 6.07) is 2.04. The molecule has 0 unspecified atom stereocenters. The van der Waals surface area contributed by atoms with Crippen LogP contribution in [0.2, 0.25) is 0 Å². The number of rotatable bonds is 7. The molecule has 1 aromatic rings. The minimum atomic E-state index is 0.333. The molecular formula is C12H22N2O. The summed E-state index contributed by atoms with van der Waals surface area (Å²) < 4.78 is 7.74. The molecule has 3 heteroatoms. The Balaban J connectivity index is 2.42. The molecule has 0 aliphatic rings. The summed E-state index contributed by atoms with van der Waals surface area (Å²) in [6.45, 7) is 8.12. The standard InChI is InChI=1S/C12H22N2O/c1-4-6-9-14-12(7-8-13-14)10-15-11(3)5-2/h7-8,11H,4-6,9-10H2,1-3H3/t11-/m1/s1. The molecule has 1 aromatic heterocycles. The number of hydrogen-bond donors (Lipinski definition) is 0. The van der Waals surface area contributed by atoms with Crippen LogP contribution in [0.4, 0.5) is 0 Å². The van der Waals surface area contributed by atoms with Gasteiger partial charge in [-0.05, 0) is 25.8 Å². The molecule has 0 amide bonds. The van der Waals surface area contributed by atoms with Gasteiger partial charge in [0, 0.05) is 12.7 Å². The molecule has 15 heavy (non-hydrogen) atoms. The van der Waals surface area contributed by atoms with E-state index in [1.165, 1.54) is 18.5 Å². The fourth-order valence-electron chi connectivity index (χ4n) is 1.34. The molecule has 0 bridgehead atoms. The Morgan fingerprint density at radius 2 is 2.27 bits per heavy atom. The van der Waals surface area contributed by atoms with Gasteiger partial charge in [-0.2, -0.15) is 5.10 Å². The molecule has 0 saturated heterocycles. The second-order valence-electron chi connectivity index (χ2n) is 3.93. The molecule has 0 radical (unpaired) electrons. The summed E-state index contributed by atoms with van der Waals surface area (Å²) in [5, 5.41) is 4.29. The monoisotopic (exact) mass is 210 g/mol. The van der Waals surface area contributed by atoms with Crippen molar-refractivity contribution in [3.8, 4) is 0 Å². The Bertz CT molecular complexity index is 270. The van der Waals surface area contributed by atoms with Crippen molar-refractivity contribution in [2.45, 2.75) is 59.3 Å². The predicted octanol–water partition coefficient (Wildman–Crippen LogP) is 3.00. The average molecular weight is 210 g/mol. The third kappa shape index (κ3) is 4.04. The van der Waals surface area contributed by atoms with Crippen molar-refractivity contribution in [2.75, 3.05) is 0 Å². The van der Waals surface area contributed by atoms with Crippen molar-refractivity contribution in [3.05, 3.63) is 18.0 Å². The Morgan fingerprint density at radius 1 is 1.47 bits per heavy atom. The Morgan fingerprint density at radius 3 is 2.93 bits per heavy atom. The van der Waals surface area contributed by atoms with Gasteiger partial charge < -0.3 is 4.74 Å². The lowest BCUT2D eigenvalue weighted by Gasteiger charge is -2.11. The number of aromatic nitrogens is 2. The Kier molecular flexibility index (Phi) is 5.40. The zero-order chi connectivity index (χ0) is 11.1. The van der Waals surface area contributed by atoms with Gasteiger partial charge in [0.2, 0.25) is 0 Å². The van der Waals surface area contributed by atoms with Crippen LogP contribution in [0, 0.1) is 0 Å². The van der Waals surface area contributed by atoms with Crippen molar-refractivity contribution in [3.63, 3.8) is 0 Å². The van der Waals surface area contributed by atoms with E-state index in [9.17, 15) is 0 Å². The van der Waals surface area contributed by atoms with Crippen LogP contribution >= 0.6 is 0 Å². The third-order valence-corrected chi connectivity index (χ3v) is 2.62. The van der Waals surface area contributed by atoms with Gasteiger partial charge in [0.25, 0.3) is 0 Å². The van der Waals surface area contributed by atoms with Crippen molar-refractivity contribution >= 4 is 0 Å². The summed E-state index contributed by atoms with van der Waals surface area (Å²) in [7, 11) is 0. The van der Waals surface area contributed by atoms with Crippen LogP contribution in [-0.4, -0.2) is 15.9 Å². The third-order valence-electron chi connectivity index (χ3n) is 2.62. The second-order valence-corrected chi connectivity index (χ2v) is 3.93. The highest BCUT2D eigenvalue weighted by Crippen LogP contribution is 2.06. The molecule has 0 aliphatic carbocycles. The quantitative estimate of drug-likeness (QED) is 0.691. The maximum Gasteiger partial charge on any atom is 0.0888 e. The highest BCUT2D eigenvalue weighted by atomic mass is 16.5. The molecule has 3 nitrogen and oxygen atoms in total. The minimum absolute atomic E-state index is 0.333. The molecule has 1 heterocycles. The van der Waals surface area contributed by atoms with Gasteiger partial charge in [-0.25, -0.2) is 0 Å². The maximum absolute atomic E-state index is 5.70. The first-order chi connectivity index (χ1) is 7.27. The lowest BCUT2D eigenvalue weighted by atomic mass is 10.3. The van der Waals surface area contributed by atoms with Crippen LogP contribution in [0.25, 0.3) is 0 Å². The molecule has 0 spiro atoms. The summed E-state index contributed by atoms with van der Waals surface area (Å²) in [6.07, 6.45) is 5.62. The molecular weight excluding hydrogens is 188 g/mol. The minimum Gasteiger partial charge on any atom is -0.372 e. The van der Waals surface area contributed by atoms with Crippen LogP contribution in [0.1, 0.15) is 45.7 Å². The highest BCUT2D eigenvalue weighted by Gasteiger charge is 2.04. The zero-order valence-electron chi connectivity index (χ0n) is 10.1. The van der Waals surface area contributed by atoms with Crippen molar-refractivity contribution in [2.24, 2.45) is 0 Å². The number of ether oxygens (including phenoxy) is 1. The first-order valence-corrected chi connectivity index (χ1v) is 5.90. The topological polar surface area (TPSA) is 27.1 Å². The smallest absolute Gasteiger partial charge is 0.0888 e. The van der Waals surface area contributed by atoms with Gasteiger partial charge in [0.15, 0.2) is 0 Å². The van der Waals surface area contributed by atoms with Gasteiger partial charge >= 0.3 is 0 Å². The number of hydrogen-bond acceptors (Lipinski definition) is 2. The van der Waals surface area contributed by atoms with Crippen LogP contribution in [0.15, 0.2) is 12.3 Å². The van der Waals surface area contributed by atoms with Gasteiger partial charge in [-0.15, -0.1) is 0 Å². The summed E-state index contributed by atoms with van der Waals surface area (Å²) in [5.74, 6) is 0. The Labute approximate surface area is 92.4 Å². The first kappa shape index (κ1) is 12.2. The van der Waals surface area contributed by atoms with E-state index in [1.807, 2.05) is 16.9 Å². The number of unbranched alkanes of at least 4 members (excludes halogenated alkanes) is 1. The molecule has 0 aromatic carbocycles. The van der Waals surface area contributed by atoms with E-state index < -0.39 is 0 Å². The average Bonchev–Trinajstić information content (AvgIpc) is 2.70. The van der Waals surface area contributed by atoms with Crippen LogP contribution in [-0.2, 0) is 17.9 Å². The SMILES string of the molecule is CCCCn1nccc1CO[C@H](C)CC. The molecule has 1 rings (SSSR count). The first-order valence-electron chi connectivity index (χ1n) is 5.90. The van der Waals surface area contributed by atoms with E-state index in [0.717, 1.165) is 13.0 Å². The van der Waals surface area contributed by atoms with E-state index in [2.05, 4.69) is 25.9 Å². The van der Waals surface area contributed by atoms with E-state index >= 15 is 0 Å². The summed E-state index contributed by atoms with van der Waals surface area (Å²) >= 11 is 0. The molecule has 1 atom stereocenters. The molecule has 0 fully saturated rings. The normalized spacial score (nSPS) is 13.0. The highest BCUT2D eigenvalue weighted by molar-refractivity contribution is 4.98. The fraction of sp³-hybridized carbons (Fsp3) is 0.750. The van der Waals surface area contributed by atoms with Crippen molar-refractivity contribution in [1.82, 2.24) is 9.78 Å². The van der Waals surface area contributed by atoms with E-state index in [4.69, 9.17) is 4.74 Å². The van der Waals surface area contributed by atoms with Crippen LogP contribution in [0.5, 0.6) is 0 Å². The lowest BCUT2D eigenvalue weighted by Crippen LogP contribution is -2.11. The second kappa shape index (κ2) is 6.62. The predicted molar refractivity (Wildman–Crippen MR) is 61.7 cm³/mol. The van der Waals surface area contributed by atoms with E-state index in [1.54, 1.807) is 0 Å². The zero-order valence-corrected chi connectivity index (χ0v) is 10.1. The van der Waals surface area contributed by atoms with Gasteiger partial charge in [0.1, 0.15) is 0 Å². The number of nitrogens with zero attached hydrogens (tertiary/aromatic N) is 2. The van der Waals surface area contributed by atoms with Crippen LogP contribution in [0.3, 0.4) is 0 Å². The lowest BCUT2D eigenvalue weighted by molar-refractivity contribution is 0.0466. The van der Waals surface area contributed by atoms with E-state index in [0.29, 0.717) is 12.7 Å². The number of aryl methyl sites for hydroxylation is 1. The molecule has 0 aliphatic heterocycles. The summed E-state index contributed by atoms with van der Waals surface area (Å²) in [4.78, 5) is 0. The molecule has 86 valence electrons. The molecule has 0 N–H and O–H groups in total. The Hall–Kier alpha value is -0.830. The van der Waals surface area contributed by atoms with Gasteiger partial charge in [-0.3, -0.25) is 4.68 Å². The van der Waals surface area contributed by atoms with Gasteiger partial charge in [-0.1, -0.05) is 20.3 Å². The maximum atomic E-state index is 5.70. The van der Waals surface area contributed by atoms with Gasteiger partial charge in [0.05, 0.1) is 18.4 Å². The van der Waals surface area contributed by atoms with Crippen molar-refractivity contribution < 1.29 is 4.74 Å². The van der Waals surface area contributed by atoms with Crippen LogP contribution < -0.4 is 0 Å². The largest absolute Gasteiger partial charge is 0.372 e.